The van der Waals surface area contributed by atoms with E-state index >= 15 is 0 Å². The zero-order chi connectivity index (χ0) is 61.2. The molecule has 0 saturated carbocycles. The number of phosphoric ester groups is 1. The Labute approximate surface area is 515 Å². The lowest BCUT2D eigenvalue weighted by Gasteiger charge is -2.28. The molecule has 84 heavy (non-hydrogen) atoms. The van der Waals surface area contributed by atoms with Gasteiger partial charge in [0, 0.05) is 12.8 Å². The molecule has 0 fully saturated rings. The Bertz CT molecular complexity index is 2020. The number of phosphoric acid groups is 1. The van der Waals surface area contributed by atoms with E-state index < -0.39 is 32.5 Å². The van der Waals surface area contributed by atoms with Crippen LogP contribution in [0.1, 0.15) is 232 Å². The summed E-state index contributed by atoms with van der Waals surface area (Å²) in [5, 5.41) is 0. The molecule has 0 amide bonds. The number of allylic oxidation sites excluding steroid dienone is 28. The summed E-state index contributed by atoms with van der Waals surface area (Å²) in [6, 6.07) is 0. The topological polar surface area (TPSA) is 111 Å². The van der Waals surface area contributed by atoms with Crippen LogP contribution < -0.4 is 4.89 Å². The summed E-state index contributed by atoms with van der Waals surface area (Å²) in [6.45, 7) is 3.97. The van der Waals surface area contributed by atoms with Gasteiger partial charge in [-0.15, -0.1) is 0 Å². The Morgan fingerprint density at radius 3 is 0.952 bits per heavy atom. The van der Waals surface area contributed by atoms with E-state index in [1.807, 2.05) is 21.1 Å². The Morgan fingerprint density at radius 1 is 0.369 bits per heavy atom. The van der Waals surface area contributed by atoms with Crippen LogP contribution in [0.25, 0.3) is 0 Å². The second-order valence-electron chi connectivity index (χ2n) is 22.4. The quantitative estimate of drug-likeness (QED) is 0.0195. The van der Waals surface area contributed by atoms with Crippen LogP contribution in [0.2, 0.25) is 0 Å². The fraction of sp³-hybridized carbons (Fsp3) is 0.595. The minimum absolute atomic E-state index is 0.0438. The molecule has 0 saturated heterocycles. The lowest BCUT2D eigenvalue weighted by Crippen LogP contribution is -2.37. The summed E-state index contributed by atoms with van der Waals surface area (Å²) in [5.41, 5.74) is 0. The number of carbonyl (C=O) groups excluding carboxylic acids is 2. The number of ether oxygens (including phenoxy) is 2. The third kappa shape index (κ3) is 66.5. The highest BCUT2D eigenvalue weighted by Crippen LogP contribution is 2.38. The van der Waals surface area contributed by atoms with E-state index in [2.05, 4.69) is 184 Å². The lowest BCUT2D eigenvalue weighted by molar-refractivity contribution is -0.870. The Balaban J connectivity index is 4.20. The van der Waals surface area contributed by atoms with E-state index in [1.54, 1.807) is 0 Å². The standard InChI is InChI=1S/C74H120NO8P/c1-6-8-10-12-14-16-18-20-22-24-26-28-30-32-33-34-35-36-37-38-39-40-41-43-45-47-49-51-53-55-57-59-61-63-65-67-74(77)83-72(71-82-84(78,79)81-69-68-75(3,4)5)70-80-73(76)66-64-62-60-58-56-54-52-50-48-46-44-42-31-29-27-25-23-21-19-17-15-13-11-9-7-2/h8-11,14-17,20-23,26-29,32-33,35-36,38-39,41-44,47,49,72H,6-7,12-13,18-19,24-25,30-31,34,37,40,45-46,48,50-71H2,1-5H3/b10-8-,11-9-,16-14-,17-15-,22-20-,23-21-,28-26-,29-27-,33-32-,36-35-,39-38-,43-41-,44-42-,49-47-. The SMILES string of the molecule is CC/C=C\C/C=C\C/C=C\C/C=C\C/C=C\C/C=C\C/C=C\C/C=C\C/C=C\CCCCCCCCCC(=O)OC(COC(=O)CCCCCCCCCCC/C=C\C/C=C\C/C=C\C/C=C\C/C=C\CC)COP(=O)([O-])OCC[N+](C)(C)C. The van der Waals surface area contributed by atoms with Gasteiger partial charge >= 0.3 is 11.9 Å². The summed E-state index contributed by atoms with van der Waals surface area (Å²) in [4.78, 5) is 38.0. The molecule has 0 aliphatic rings. The van der Waals surface area contributed by atoms with E-state index in [-0.39, 0.29) is 26.1 Å². The van der Waals surface area contributed by atoms with E-state index in [1.165, 1.54) is 44.9 Å². The van der Waals surface area contributed by atoms with Crippen molar-refractivity contribution in [3.8, 4) is 0 Å². The Kier molecular flexibility index (Phi) is 59.4. The number of likely N-dealkylation sites (N-methyl/N-ethyl adjacent to an activating group) is 1. The molecule has 9 nitrogen and oxygen atoms in total. The molecule has 2 unspecified atom stereocenters. The first-order valence-electron chi connectivity index (χ1n) is 32.8. The predicted molar refractivity (Wildman–Crippen MR) is 360 cm³/mol. The summed E-state index contributed by atoms with van der Waals surface area (Å²) in [7, 11) is 1.13. The van der Waals surface area contributed by atoms with Crippen LogP contribution in [0, 0.1) is 0 Å². The third-order valence-corrected chi connectivity index (χ3v) is 14.2. The fourth-order valence-electron chi connectivity index (χ4n) is 8.26. The molecule has 0 aromatic heterocycles. The number of quaternary nitrogens is 1. The third-order valence-electron chi connectivity index (χ3n) is 13.2. The van der Waals surface area contributed by atoms with E-state index in [9.17, 15) is 19.0 Å². The Hall–Kier alpha value is -4.63. The van der Waals surface area contributed by atoms with Crippen molar-refractivity contribution in [1.29, 1.82) is 0 Å². The van der Waals surface area contributed by atoms with Crippen LogP contribution in [0.3, 0.4) is 0 Å². The highest BCUT2D eigenvalue weighted by Gasteiger charge is 2.22. The first-order chi connectivity index (χ1) is 41.0. The molecule has 2 atom stereocenters. The van der Waals surface area contributed by atoms with Crippen LogP contribution in [-0.2, 0) is 32.7 Å². The Morgan fingerprint density at radius 2 is 0.643 bits per heavy atom. The van der Waals surface area contributed by atoms with Gasteiger partial charge in [0.05, 0.1) is 27.7 Å². The molecular formula is C74H120NO8P. The van der Waals surface area contributed by atoms with Gasteiger partial charge in [-0.25, -0.2) is 0 Å². The van der Waals surface area contributed by atoms with Crippen LogP contribution in [0.15, 0.2) is 170 Å². The first-order valence-corrected chi connectivity index (χ1v) is 34.3. The van der Waals surface area contributed by atoms with Crippen molar-refractivity contribution in [3.63, 3.8) is 0 Å². The average Bonchev–Trinajstić information content (AvgIpc) is 3.61. The molecular weight excluding hydrogens is 1060 g/mol. The number of rotatable bonds is 58. The first kappa shape index (κ1) is 79.4. The molecule has 10 heteroatoms. The van der Waals surface area contributed by atoms with Crippen LogP contribution in [0.5, 0.6) is 0 Å². The van der Waals surface area contributed by atoms with Crippen molar-refractivity contribution in [3.05, 3.63) is 170 Å². The molecule has 0 aliphatic heterocycles. The maximum atomic E-state index is 12.8. The molecule has 0 aliphatic carbocycles. The number of unbranched alkanes of at least 4 members (excludes halogenated alkanes) is 16. The van der Waals surface area contributed by atoms with Gasteiger partial charge < -0.3 is 27.9 Å². The maximum absolute atomic E-state index is 12.8. The van der Waals surface area contributed by atoms with E-state index in [4.69, 9.17) is 18.5 Å². The second kappa shape index (κ2) is 62.9. The molecule has 0 rings (SSSR count). The van der Waals surface area contributed by atoms with Gasteiger partial charge in [0.25, 0.3) is 7.82 Å². The number of esters is 2. The minimum Gasteiger partial charge on any atom is -0.756 e. The summed E-state index contributed by atoms with van der Waals surface area (Å²) in [6.07, 6.45) is 95.5. The molecule has 0 radical (unpaired) electrons. The highest BCUT2D eigenvalue weighted by molar-refractivity contribution is 7.45. The molecule has 0 bridgehead atoms. The van der Waals surface area contributed by atoms with Crippen LogP contribution in [-0.4, -0.2) is 70.0 Å². The van der Waals surface area contributed by atoms with Crippen molar-refractivity contribution >= 4 is 19.8 Å². The normalized spacial score (nSPS) is 14.3. The molecule has 0 N–H and O–H groups in total. The summed E-state index contributed by atoms with van der Waals surface area (Å²) in [5.74, 6) is -0.865. The predicted octanol–water partition coefficient (Wildman–Crippen LogP) is 20.7. The average molecular weight is 1180 g/mol. The number of nitrogens with zero attached hydrogens (tertiary/aromatic N) is 1. The van der Waals surface area contributed by atoms with Gasteiger partial charge in [-0.3, -0.25) is 14.2 Å². The largest absolute Gasteiger partial charge is 0.756 e. The van der Waals surface area contributed by atoms with Crippen molar-refractivity contribution in [2.45, 2.75) is 238 Å². The van der Waals surface area contributed by atoms with Gasteiger partial charge in [0.15, 0.2) is 6.10 Å². The van der Waals surface area contributed by atoms with Gasteiger partial charge in [-0.05, 0) is 128 Å². The van der Waals surface area contributed by atoms with Gasteiger partial charge in [0.1, 0.15) is 19.8 Å². The van der Waals surface area contributed by atoms with E-state index in [0.717, 1.165) is 148 Å². The molecule has 0 spiro atoms. The molecule has 0 heterocycles. The number of hydrogen-bond acceptors (Lipinski definition) is 8. The molecule has 0 aromatic carbocycles. The van der Waals surface area contributed by atoms with Crippen molar-refractivity contribution in [2.75, 3.05) is 47.5 Å². The van der Waals surface area contributed by atoms with E-state index in [0.29, 0.717) is 23.9 Å². The highest BCUT2D eigenvalue weighted by atomic mass is 31.2. The number of carbonyl (C=O) groups is 2. The summed E-state index contributed by atoms with van der Waals surface area (Å²) < 4.78 is 34.2. The summed E-state index contributed by atoms with van der Waals surface area (Å²) >= 11 is 0. The zero-order valence-corrected chi connectivity index (χ0v) is 54.7. The molecule has 0 aromatic rings. The van der Waals surface area contributed by atoms with Gasteiger partial charge in [-0.2, -0.15) is 0 Å². The monoisotopic (exact) mass is 1180 g/mol. The minimum atomic E-state index is -4.66. The lowest BCUT2D eigenvalue weighted by atomic mass is 10.1. The van der Waals surface area contributed by atoms with Crippen molar-refractivity contribution in [1.82, 2.24) is 0 Å². The number of hydrogen-bond donors (Lipinski definition) is 0. The van der Waals surface area contributed by atoms with Crippen molar-refractivity contribution < 1.29 is 42.1 Å². The van der Waals surface area contributed by atoms with Gasteiger partial charge in [-0.1, -0.05) is 261 Å². The fourth-order valence-corrected chi connectivity index (χ4v) is 8.99. The molecule has 474 valence electrons. The van der Waals surface area contributed by atoms with Crippen molar-refractivity contribution in [2.24, 2.45) is 0 Å². The van der Waals surface area contributed by atoms with Crippen LogP contribution >= 0.6 is 7.82 Å². The maximum Gasteiger partial charge on any atom is 0.306 e. The second-order valence-corrected chi connectivity index (χ2v) is 23.8. The zero-order valence-electron chi connectivity index (χ0n) is 53.8. The van der Waals surface area contributed by atoms with Gasteiger partial charge in [0.2, 0.25) is 0 Å². The smallest absolute Gasteiger partial charge is 0.306 e. The van der Waals surface area contributed by atoms with Crippen LogP contribution in [0.4, 0.5) is 0 Å².